The Balaban J connectivity index is 2.20. The van der Waals surface area contributed by atoms with Gasteiger partial charge in [-0.2, -0.15) is 0 Å². The van der Waals surface area contributed by atoms with Gasteiger partial charge < -0.3 is 9.40 Å². The number of hydrogen-bond acceptors (Lipinski definition) is 4. The van der Waals surface area contributed by atoms with Gasteiger partial charge in [0.15, 0.2) is 16.2 Å². The minimum absolute atomic E-state index is 0.469. The van der Waals surface area contributed by atoms with E-state index in [1.54, 1.807) is 6.20 Å². The zero-order valence-corrected chi connectivity index (χ0v) is 9.91. The fourth-order valence-electron chi connectivity index (χ4n) is 1.74. The maximum Gasteiger partial charge on any atom is 0.197 e. The number of hydrogen-bond donors (Lipinski definition) is 1. The predicted octanol–water partition coefficient (Wildman–Crippen LogP) is 3.26. The molecule has 0 spiro atoms. The smallest absolute Gasteiger partial charge is 0.197 e. The summed E-state index contributed by atoms with van der Waals surface area (Å²) in [6.07, 6.45) is 1.68. The highest BCUT2D eigenvalue weighted by Crippen LogP contribution is 2.23. The molecule has 17 heavy (non-hydrogen) atoms. The molecule has 4 nitrogen and oxygen atoms in total. The van der Waals surface area contributed by atoms with Crippen LogP contribution in [-0.2, 0) is 0 Å². The second-order valence-electron chi connectivity index (χ2n) is 3.70. The lowest BCUT2D eigenvalue weighted by atomic mass is 10.1. The third-order valence-corrected chi connectivity index (χ3v) is 2.69. The molecule has 0 fully saturated rings. The summed E-state index contributed by atoms with van der Waals surface area (Å²) < 4.78 is 5.96. The Kier molecular flexibility index (Phi) is 2.26. The van der Waals surface area contributed by atoms with E-state index in [0.29, 0.717) is 10.7 Å². The van der Waals surface area contributed by atoms with Gasteiger partial charge >= 0.3 is 0 Å². The number of aromatic nitrogens is 3. The first kappa shape index (κ1) is 10.2. The molecule has 1 aromatic carbocycles. The van der Waals surface area contributed by atoms with E-state index in [1.165, 1.54) is 0 Å². The molecule has 0 aliphatic rings. The molecule has 0 aliphatic carbocycles. The van der Waals surface area contributed by atoms with Gasteiger partial charge in [-0.3, -0.25) is 0 Å². The molecular formula is C12H9N3OS. The first-order chi connectivity index (χ1) is 8.22. The van der Waals surface area contributed by atoms with Crippen molar-refractivity contribution in [2.75, 3.05) is 0 Å². The van der Waals surface area contributed by atoms with E-state index in [9.17, 15) is 0 Å². The molecule has 0 amide bonds. The average molecular weight is 243 g/mol. The lowest BCUT2D eigenvalue weighted by Gasteiger charge is -2.00. The quantitative estimate of drug-likeness (QED) is 0.666. The first-order valence-electron chi connectivity index (χ1n) is 5.15. The maximum atomic E-state index is 5.49. The molecule has 3 aromatic rings. The highest BCUT2D eigenvalue weighted by atomic mass is 32.1. The van der Waals surface area contributed by atoms with Crippen LogP contribution in [0.2, 0.25) is 0 Å². The van der Waals surface area contributed by atoms with E-state index in [1.807, 2.05) is 31.2 Å². The molecule has 5 heteroatoms. The van der Waals surface area contributed by atoms with Crippen molar-refractivity contribution in [2.24, 2.45) is 0 Å². The Morgan fingerprint density at radius 1 is 1.29 bits per heavy atom. The van der Waals surface area contributed by atoms with Gasteiger partial charge in [0.2, 0.25) is 0 Å². The number of fused-ring (bicyclic) bond motifs is 1. The third kappa shape index (κ3) is 1.85. The molecule has 2 heterocycles. The van der Waals surface area contributed by atoms with Crippen LogP contribution >= 0.6 is 12.2 Å². The van der Waals surface area contributed by atoms with Crippen LogP contribution in [0.25, 0.3) is 22.4 Å². The normalized spacial score (nSPS) is 10.9. The van der Waals surface area contributed by atoms with Crippen molar-refractivity contribution in [3.63, 3.8) is 0 Å². The Morgan fingerprint density at radius 2 is 2.18 bits per heavy atom. The lowest BCUT2D eigenvalue weighted by Crippen LogP contribution is -1.85. The Morgan fingerprint density at radius 3 is 3.00 bits per heavy atom. The third-order valence-electron chi connectivity index (χ3n) is 2.48. The standard InChI is InChI=1S/C12H9N3OS/c1-7-14-10-3-2-8(6-11(10)16-7)9-4-5-13-12(17)15-9/h2-6H,1H3,(H,13,15,17). The summed E-state index contributed by atoms with van der Waals surface area (Å²) in [6.45, 7) is 1.83. The van der Waals surface area contributed by atoms with Crippen LogP contribution in [0.1, 0.15) is 5.89 Å². The van der Waals surface area contributed by atoms with Crippen LogP contribution < -0.4 is 0 Å². The van der Waals surface area contributed by atoms with Gasteiger partial charge in [-0.25, -0.2) is 9.97 Å². The zero-order valence-electron chi connectivity index (χ0n) is 9.10. The molecule has 84 valence electrons. The number of rotatable bonds is 1. The van der Waals surface area contributed by atoms with Crippen LogP contribution in [-0.4, -0.2) is 15.0 Å². The maximum absolute atomic E-state index is 5.49. The molecule has 0 unspecified atom stereocenters. The second-order valence-corrected chi connectivity index (χ2v) is 4.09. The Labute approximate surface area is 102 Å². The van der Waals surface area contributed by atoms with Crippen LogP contribution in [0.5, 0.6) is 0 Å². The zero-order chi connectivity index (χ0) is 11.8. The summed E-state index contributed by atoms with van der Waals surface area (Å²) in [5, 5.41) is 0. The second kappa shape index (κ2) is 3.78. The van der Waals surface area contributed by atoms with Crippen LogP contribution in [0, 0.1) is 11.7 Å². The minimum atomic E-state index is 0.469. The summed E-state index contributed by atoms with van der Waals surface area (Å²) >= 11 is 5.00. The van der Waals surface area contributed by atoms with Crippen molar-refractivity contribution in [3.8, 4) is 11.3 Å². The molecule has 0 aliphatic heterocycles. The van der Waals surface area contributed by atoms with Crippen molar-refractivity contribution in [3.05, 3.63) is 41.1 Å². The number of oxazole rings is 1. The summed E-state index contributed by atoms with van der Waals surface area (Å²) in [5.74, 6) is 0.666. The monoisotopic (exact) mass is 243 g/mol. The summed E-state index contributed by atoms with van der Waals surface area (Å²) in [4.78, 5) is 11.2. The highest BCUT2D eigenvalue weighted by molar-refractivity contribution is 7.71. The SMILES string of the molecule is Cc1nc2ccc(-c3ccnc(=S)[nH]3)cc2o1. The molecular weight excluding hydrogens is 234 g/mol. The van der Waals surface area contributed by atoms with Gasteiger partial charge in [0.05, 0.1) is 0 Å². The van der Waals surface area contributed by atoms with Gasteiger partial charge in [-0.15, -0.1) is 0 Å². The van der Waals surface area contributed by atoms with E-state index in [4.69, 9.17) is 16.6 Å². The molecule has 0 saturated carbocycles. The first-order valence-corrected chi connectivity index (χ1v) is 5.56. The van der Waals surface area contributed by atoms with Crippen LogP contribution in [0.4, 0.5) is 0 Å². The lowest BCUT2D eigenvalue weighted by molar-refractivity contribution is 0.561. The molecule has 2 aromatic heterocycles. The number of aromatic amines is 1. The van der Waals surface area contributed by atoms with E-state index in [0.717, 1.165) is 22.4 Å². The minimum Gasteiger partial charge on any atom is -0.441 e. The van der Waals surface area contributed by atoms with Crippen molar-refractivity contribution < 1.29 is 4.42 Å². The van der Waals surface area contributed by atoms with E-state index in [2.05, 4.69) is 15.0 Å². The average Bonchev–Trinajstić information content (AvgIpc) is 2.68. The van der Waals surface area contributed by atoms with E-state index < -0.39 is 0 Å². The van der Waals surface area contributed by atoms with Crippen molar-refractivity contribution in [2.45, 2.75) is 6.92 Å². The predicted molar refractivity (Wildman–Crippen MR) is 67.2 cm³/mol. The van der Waals surface area contributed by atoms with Gasteiger partial charge in [-0.1, -0.05) is 6.07 Å². The fraction of sp³-hybridized carbons (Fsp3) is 0.0833. The van der Waals surface area contributed by atoms with Gasteiger partial charge in [0.25, 0.3) is 0 Å². The van der Waals surface area contributed by atoms with Crippen molar-refractivity contribution >= 4 is 23.3 Å². The summed E-state index contributed by atoms with van der Waals surface area (Å²) in [7, 11) is 0. The summed E-state index contributed by atoms with van der Waals surface area (Å²) in [6, 6.07) is 7.72. The van der Waals surface area contributed by atoms with Gasteiger partial charge in [0, 0.05) is 24.4 Å². The van der Waals surface area contributed by atoms with E-state index in [-0.39, 0.29) is 0 Å². The molecule has 0 saturated heterocycles. The molecule has 3 rings (SSSR count). The van der Waals surface area contributed by atoms with Gasteiger partial charge in [0.1, 0.15) is 5.52 Å². The number of benzene rings is 1. The highest BCUT2D eigenvalue weighted by Gasteiger charge is 2.04. The number of nitrogens with one attached hydrogen (secondary N) is 1. The summed E-state index contributed by atoms with van der Waals surface area (Å²) in [5.41, 5.74) is 3.55. The molecule has 0 atom stereocenters. The van der Waals surface area contributed by atoms with Crippen molar-refractivity contribution in [1.29, 1.82) is 0 Å². The van der Waals surface area contributed by atoms with Gasteiger partial charge in [-0.05, 0) is 30.4 Å². The molecule has 0 radical (unpaired) electrons. The Bertz CT molecular complexity index is 745. The van der Waals surface area contributed by atoms with Crippen LogP contribution in [0.3, 0.4) is 0 Å². The van der Waals surface area contributed by atoms with Crippen LogP contribution in [0.15, 0.2) is 34.9 Å². The molecule has 1 N–H and O–H groups in total. The fourth-order valence-corrected chi connectivity index (χ4v) is 1.92. The molecule has 0 bridgehead atoms. The Hall–Kier alpha value is -2.01. The van der Waals surface area contributed by atoms with E-state index >= 15 is 0 Å². The number of aryl methyl sites for hydroxylation is 1. The topological polar surface area (TPSA) is 54.7 Å². The number of H-pyrrole nitrogens is 1. The van der Waals surface area contributed by atoms with Crippen molar-refractivity contribution in [1.82, 2.24) is 15.0 Å². The largest absolute Gasteiger partial charge is 0.441 e. The number of nitrogens with zero attached hydrogens (tertiary/aromatic N) is 2.